The van der Waals surface area contributed by atoms with Crippen molar-refractivity contribution in [2.24, 2.45) is 23.7 Å². The molecule has 83 heavy (non-hydrogen) atoms. The maximum atomic E-state index is 13.0. The number of ether oxygens (including phenoxy) is 4. The highest BCUT2D eigenvalue weighted by molar-refractivity contribution is 7.47. The zero-order valence-electron chi connectivity index (χ0n) is 53.8. The lowest BCUT2D eigenvalue weighted by Gasteiger charge is -2.21. The number of rotatable bonds is 61. The van der Waals surface area contributed by atoms with Gasteiger partial charge in [0.05, 0.1) is 26.4 Å². The van der Waals surface area contributed by atoms with E-state index >= 15 is 0 Å². The van der Waals surface area contributed by atoms with Crippen LogP contribution in [-0.4, -0.2) is 96.7 Å². The standard InChI is InChI=1S/C64H124O17P2/c1-9-55(6)41-33-25-17-13-15-18-28-36-44-61(66)74-50-60(81-64(69)47-39-31-23-21-27-35-43-57(8)11-3)53-79-83(72,73)77-49-58(65)48-76-82(70,71)78-52-59(51-75-62(67)45-37-29-22-20-26-34-42-56(7)10-2)80-63(68)46-38-30-19-14-12-16-24-32-40-54(4)5/h54-60,65H,9-53H2,1-8H3,(H,70,71)(H,72,73)/t55?,56?,57?,58-,59+,60+/m0/s1. The average molecular weight is 1230 g/mol. The number of esters is 4. The van der Waals surface area contributed by atoms with Gasteiger partial charge in [0.25, 0.3) is 0 Å². The van der Waals surface area contributed by atoms with Gasteiger partial charge in [0, 0.05) is 25.7 Å². The molecule has 0 heterocycles. The first-order valence-electron chi connectivity index (χ1n) is 33.3. The first kappa shape index (κ1) is 81.1. The Labute approximate surface area is 505 Å². The summed E-state index contributed by atoms with van der Waals surface area (Å²) >= 11 is 0. The number of carbonyl (C=O) groups is 4. The Morgan fingerprint density at radius 2 is 0.578 bits per heavy atom. The van der Waals surface area contributed by atoms with Crippen LogP contribution < -0.4 is 0 Å². The number of aliphatic hydroxyl groups excluding tert-OH is 1. The monoisotopic (exact) mass is 1230 g/mol. The van der Waals surface area contributed by atoms with Gasteiger partial charge in [-0.05, 0) is 49.4 Å². The first-order valence-corrected chi connectivity index (χ1v) is 36.3. The van der Waals surface area contributed by atoms with Crippen LogP contribution in [0.2, 0.25) is 0 Å². The van der Waals surface area contributed by atoms with Crippen LogP contribution >= 0.6 is 15.6 Å². The lowest BCUT2D eigenvalue weighted by Crippen LogP contribution is -2.30. The number of aliphatic hydroxyl groups is 1. The summed E-state index contributed by atoms with van der Waals surface area (Å²) in [6.45, 7) is 14.0. The van der Waals surface area contributed by atoms with Crippen LogP contribution in [-0.2, 0) is 65.4 Å². The van der Waals surface area contributed by atoms with Crippen LogP contribution in [0.1, 0.15) is 306 Å². The molecule has 0 amide bonds. The summed E-state index contributed by atoms with van der Waals surface area (Å²) in [5.74, 6) is 0.804. The molecular formula is C64H124O17P2. The fourth-order valence-corrected chi connectivity index (χ4v) is 10.9. The van der Waals surface area contributed by atoms with E-state index in [9.17, 15) is 43.2 Å². The van der Waals surface area contributed by atoms with Crippen LogP contribution in [0.5, 0.6) is 0 Å². The summed E-state index contributed by atoms with van der Waals surface area (Å²) < 4.78 is 68.0. The van der Waals surface area contributed by atoms with Crippen molar-refractivity contribution in [3.8, 4) is 0 Å². The topological polar surface area (TPSA) is 237 Å². The Hall–Kier alpha value is -1.94. The molecule has 17 nitrogen and oxygen atoms in total. The second-order valence-electron chi connectivity index (χ2n) is 24.4. The molecule has 0 rings (SSSR count). The minimum absolute atomic E-state index is 0.102. The summed E-state index contributed by atoms with van der Waals surface area (Å²) in [5, 5.41) is 10.5. The van der Waals surface area contributed by atoms with E-state index in [2.05, 4.69) is 55.4 Å². The lowest BCUT2D eigenvalue weighted by molar-refractivity contribution is -0.161. The van der Waals surface area contributed by atoms with E-state index < -0.39 is 97.5 Å². The van der Waals surface area contributed by atoms with E-state index in [1.807, 2.05) is 0 Å². The summed E-state index contributed by atoms with van der Waals surface area (Å²) in [5.41, 5.74) is 0. The van der Waals surface area contributed by atoms with Crippen molar-refractivity contribution in [1.29, 1.82) is 0 Å². The first-order chi connectivity index (χ1) is 39.7. The van der Waals surface area contributed by atoms with Gasteiger partial charge >= 0.3 is 39.5 Å². The molecule has 0 spiro atoms. The molecule has 0 bridgehead atoms. The summed E-state index contributed by atoms with van der Waals surface area (Å²) in [7, 11) is -9.89. The minimum atomic E-state index is -4.95. The molecule has 0 saturated carbocycles. The van der Waals surface area contributed by atoms with Crippen LogP contribution in [0.4, 0.5) is 0 Å². The number of unbranched alkanes of at least 4 members (excludes halogenated alkanes) is 24. The molecule has 19 heteroatoms. The van der Waals surface area contributed by atoms with E-state index in [4.69, 9.17) is 37.0 Å². The molecule has 0 radical (unpaired) electrons. The van der Waals surface area contributed by atoms with Crippen molar-refractivity contribution >= 4 is 39.5 Å². The highest BCUT2D eigenvalue weighted by Crippen LogP contribution is 2.45. The Bertz CT molecular complexity index is 1670. The van der Waals surface area contributed by atoms with Crippen LogP contribution in [0.25, 0.3) is 0 Å². The highest BCUT2D eigenvalue weighted by Gasteiger charge is 2.30. The molecule has 0 aromatic rings. The van der Waals surface area contributed by atoms with E-state index in [1.54, 1.807) is 0 Å². The molecular weight excluding hydrogens is 1100 g/mol. The van der Waals surface area contributed by atoms with Crippen molar-refractivity contribution in [3.05, 3.63) is 0 Å². The summed E-state index contributed by atoms with van der Waals surface area (Å²) in [6, 6.07) is 0. The maximum Gasteiger partial charge on any atom is 0.472 e. The zero-order chi connectivity index (χ0) is 61.8. The normalized spacial score (nSPS) is 15.4. The number of phosphoric acid groups is 2. The van der Waals surface area contributed by atoms with E-state index in [1.165, 1.54) is 103 Å². The molecule has 8 atom stereocenters. The molecule has 0 aliphatic rings. The molecule has 5 unspecified atom stereocenters. The largest absolute Gasteiger partial charge is 0.472 e. The van der Waals surface area contributed by atoms with Crippen LogP contribution in [0, 0.1) is 23.7 Å². The predicted octanol–water partition coefficient (Wildman–Crippen LogP) is 17.4. The molecule has 0 saturated heterocycles. The maximum absolute atomic E-state index is 13.0. The molecule has 0 aliphatic heterocycles. The molecule has 3 N–H and O–H groups in total. The molecule has 0 fully saturated rings. The fraction of sp³-hybridized carbons (Fsp3) is 0.938. The van der Waals surface area contributed by atoms with Gasteiger partial charge in [-0.2, -0.15) is 0 Å². The predicted molar refractivity (Wildman–Crippen MR) is 331 cm³/mol. The Balaban J connectivity index is 5.27. The van der Waals surface area contributed by atoms with Gasteiger partial charge in [0.1, 0.15) is 19.3 Å². The van der Waals surface area contributed by atoms with Gasteiger partial charge < -0.3 is 33.8 Å². The zero-order valence-corrected chi connectivity index (χ0v) is 55.6. The highest BCUT2D eigenvalue weighted by atomic mass is 31.2. The second-order valence-corrected chi connectivity index (χ2v) is 27.3. The van der Waals surface area contributed by atoms with Gasteiger partial charge in [-0.1, -0.05) is 254 Å². The minimum Gasteiger partial charge on any atom is -0.462 e. The Kier molecular flexibility index (Phi) is 53.0. The van der Waals surface area contributed by atoms with Crippen molar-refractivity contribution in [3.63, 3.8) is 0 Å². The van der Waals surface area contributed by atoms with Gasteiger partial charge in [0.2, 0.25) is 0 Å². The molecule has 0 aliphatic carbocycles. The Morgan fingerprint density at radius 1 is 0.337 bits per heavy atom. The smallest absolute Gasteiger partial charge is 0.462 e. The van der Waals surface area contributed by atoms with Gasteiger partial charge in [-0.25, -0.2) is 9.13 Å². The number of hydrogen-bond donors (Lipinski definition) is 3. The quantitative estimate of drug-likeness (QED) is 0.0222. The van der Waals surface area contributed by atoms with Crippen molar-refractivity contribution in [2.75, 3.05) is 39.6 Å². The third kappa shape index (κ3) is 55.1. The third-order valence-corrected chi connectivity index (χ3v) is 17.6. The number of phosphoric ester groups is 2. The van der Waals surface area contributed by atoms with E-state index in [0.717, 1.165) is 120 Å². The van der Waals surface area contributed by atoms with Crippen molar-refractivity contribution < 1.29 is 80.2 Å². The van der Waals surface area contributed by atoms with Crippen LogP contribution in [0.15, 0.2) is 0 Å². The summed E-state index contributed by atoms with van der Waals surface area (Å²) in [4.78, 5) is 72.2. The second kappa shape index (κ2) is 54.2. The summed E-state index contributed by atoms with van der Waals surface area (Å²) in [6.07, 6.45) is 33.5. The van der Waals surface area contributed by atoms with Crippen molar-refractivity contribution in [2.45, 2.75) is 324 Å². The Morgan fingerprint density at radius 3 is 0.855 bits per heavy atom. The molecule has 492 valence electrons. The van der Waals surface area contributed by atoms with E-state index in [-0.39, 0.29) is 25.7 Å². The van der Waals surface area contributed by atoms with Gasteiger partial charge in [0.15, 0.2) is 12.2 Å². The number of hydrogen-bond acceptors (Lipinski definition) is 15. The number of carbonyl (C=O) groups excluding carboxylic acids is 4. The van der Waals surface area contributed by atoms with Crippen molar-refractivity contribution in [1.82, 2.24) is 0 Å². The third-order valence-electron chi connectivity index (χ3n) is 15.7. The fourth-order valence-electron chi connectivity index (χ4n) is 9.33. The average Bonchev–Trinajstić information content (AvgIpc) is 3.46. The van der Waals surface area contributed by atoms with Crippen LogP contribution in [0.3, 0.4) is 0 Å². The molecule has 0 aromatic heterocycles. The SMILES string of the molecule is CCC(C)CCCCCCCCCCC(=O)OC[C@H](COP(=O)(O)OC[C@@H](O)COP(=O)(O)OC[C@@H](COC(=O)CCCCCCCCC(C)CC)OC(=O)CCCCCCCCCCC(C)C)OC(=O)CCCCCCCCC(C)CC. The van der Waals surface area contributed by atoms with E-state index in [0.29, 0.717) is 25.7 Å². The van der Waals surface area contributed by atoms with Gasteiger partial charge in [-0.3, -0.25) is 37.3 Å². The lowest BCUT2D eigenvalue weighted by atomic mass is 9.99. The van der Waals surface area contributed by atoms with Gasteiger partial charge in [-0.15, -0.1) is 0 Å². The molecule has 0 aromatic carbocycles.